The Kier molecular flexibility index (Phi) is 3.17. The Bertz CT molecular complexity index is 406. The first-order valence-electron chi connectivity index (χ1n) is 5.41. The van der Waals surface area contributed by atoms with Crippen molar-refractivity contribution < 1.29 is 13.6 Å². The van der Waals surface area contributed by atoms with Crippen LogP contribution in [-0.2, 0) is 4.79 Å². The fourth-order valence-electron chi connectivity index (χ4n) is 1.95. The third-order valence-corrected chi connectivity index (χ3v) is 2.83. The summed E-state index contributed by atoms with van der Waals surface area (Å²) in [5.74, 6) is -1.74. The molecule has 1 N–H and O–H groups in total. The predicted octanol–water partition coefficient (Wildman–Crippen LogP) is 2.70. The Labute approximate surface area is 92.7 Å². The van der Waals surface area contributed by atoms with E-state index < -0.39 is 11.6 Å². The van der Waals surface area contributed by atoms with Gasteiger partial charge in [-0.05, 0) is 30.5 Å². The zero-order valence-electron chi connectivity index (χ0n) is 8.80. The Morgan fingerprint density at radius 1 is 1.19 bits per heavy atom. The van der Waals surface area contributed by atoms with Gasteiger partial charge in [-0.15, -0.1) is 0 Å². The molecular formula is C12H13F2NO. The summed E-state index contributed by atoms with van der Waals surface area (Å²) >= 11 is 0. The van der Waals surface area contributed by atoms with Crippen molar-refractivity contribution in [3.8, 4) is 0 Å². The molecule has 0 radical (unpaired) electrons. The number of nitrogens with one attached hydrogen (secondary N) is 1. The van der Waals surface area contributed by atoms with Crippen molar-refractivity contribution in [2.75, 3.05) is 0 Å². The largest absolute Gasteiger partial charge is 0.349 e. The molecule has 86 valence electrons. The second-order valence-electron chi connectivity index (χ2n) is 4.04. The van der Waals surface area contributed by atoms with Crippen LogP contribution in [0, 0.1) is 11.6 Å². The maximum atomic E-state index is 13.0. The average molecular weight is 225 g/mol. The summed E-state index contributed by atoms with van der Waals surface area (Å²) in [6.45, 7) is 0. The van der Waals surface area contributed by atoms with Crippen LogP contribution in [0.1, 0.15) is 37.3 Å². The van der Waals surface area contributed by atoms with E-state index in [1.807, 2.05) is 0 Å². The molecule has 0 aliphatic carbocycles. The summed E-state index contributed by atoms with van der Waals surface area (Å²) in [5, 5.41) is 2.81. The number of carbonyl (C=O) groups is 1. The summed E-state index contributed by atoms with van der Waals surface area (Å²) in [7, 11) is 0. The summed E-state index contributed by atoms with van der Waals surface area (Å²) in [6, 6.07) is 3.59. The van der Waals surface area contributed by atoms with Crippen molar-refractivity contribution >= 4 is 5.91 Å². The Hall–Kier alpha value is -1.45. The molecule has 0 saturated carbocycles. The molecule has 2 nitrogen and oxygen atoms in total. The minimum Gasteiger partial charge on any atom is -0.349 e. The maximum absolute atomic E-state index is 13.0. The van der Waals surface area contributed by atoms with Crippen LogP contribution in [-0.4, -0.2) is 5.91 Å². The number of benzene rings is 1. The van der Waals surface area contributed by atoms with Gasteiger partial charge in [-0.1, -0.05) is 12.5 Å². The molecule has 0 aromatic heterocycles. The number of hydrogen-bond donors (Lipinski definition) is 1. The summed E-state index contributed by atoms with van der Waals surface area (Å²) in [6.07, 6.45) is 3.06. The summed E-state index contributed by atoms with van der Waals surface area (Å²) < 4.78 is 25.8. The first-order valence-corrected chi connectivity index (χ1v) is 5.41. The van der Waals surface area contributed by atoms with Crippen LogP contribution in [0.5, 0.6) is 0 Å². The number of hydrogen-bond acceptors (Lipinski definition) is 1. The molecule has 1 amide bonds. The molecule has 1 aromatic carbocycles. The normalized spacial score (nSPS) is 21.4. The van der Waals surface area contributed by atoms with Gasteiger partial charge in [0.05, 0.1) is 6.04 Å². The van der Waals surface area contributed by atoms with Gasteiger partial charge in [0, 0.05) is 6.42 Å². The van der Waals surface area contributed by atoms with Crippen LogP contribution < -0.4 is 5.32 Å². The van der Waals surface area contributed by atoms with Crippen molar-refractivity contribution in [2.24, 2.45) is 0 Å². The third kappa shape index (κ3) is 2.38. The Morgan fingerprint density at radius 2 is 2.00 bits per heavy atom. The molecule has 0 bridgehead atoms. The van der Waals surface area contributed by atoms with Gasteiger partial charge >= 0.3 is 0 Å². The highest BCUT2D eigenvalue weighted by molar-refractivity contribution is 5.76. The van der Waals surface area contributed by atoms with E-state index in [1.165, 1.54) is 6.07 Å². The summed E-state index contributed by atoms with van der Waals surface area (Å²) in [4.78, 5) is 11.3. The standard InChI is InChI=1S/C12H13F2NO/c13-9-6-5-8(7-10(9)14)11-3-1-2-4-12(16)15-11/h5-7,11H,1-4H2,(H,15,16). The highest BCUT2D eigenvalue weighted by Crippen LogP contribution is 2.24. The molecule has 1 aliphatic rings. The van der Waals surface area contributed by atoms with Crippen LogP contribution >= 0.6 is 0 Å². The lowest BCUT2D eigenvalue weighted by atomic mass is 10.0. The lowest BCUT2D eigenvalue weighted by molar-refractivity contribution is -0.121. The van der Waals surface area contributed by atoms with E-state index in [-0.39, 0.29) is 11.9 Å². The monoisotopic (exact) mass is 225 g/mol. The molecule has 1 atom stereocenters. The van der Waals surface area contributed by atoms with Gasteiger partial charge in [-0.25, -0.2) is 8.78 Å². The van der Waals surface area contributed by atoms with Gasteiger partial charge in [-0.3, -0.25) is 4.79 Å². The van der Waals surface area contributed by atoms with Gasteiger partial charge in [0.25, 0.3) is 0 Å². The SMILES string of the molecule is O=C1CCCCC(c2ccc(F)c(F)c2)N1. The molecule has 0 spiro atoms. The quantitative estimate of drug-likeness (QED) is 0.782. The fraction of sp³-hybridized carbons (Fsp3) is 0.417. The van der Waals surface area contributed by atoms with E-state index >= 15 is 0 Å². The number of halogens is 2. The van der Waals surface area contributed by atoms with Gasteiger partial charge in [-0.2, -0.15) is 0 Å². The molecule has 1 aromatic rings. The zero-order valence-corrected chi connectivity index (χ0v) is 8.80. The second-order valence-corrected chi connectivity index (χ2v) is 4.04. The fourth-order valence-corrected chi connectivity index (χ4v) is 1.95. The molecule has 16 heavy (non-hydrogen) atoms. The van der Waals surface area contributed by atoms with Gasteiger partial charge in [0.1, 0.15) is 0 Å². The second kappa shape index (κ2) is 4.60. The smallest absolute Gasteiger partial charge is 0.220 e. The van der Waals surface area contributed by atoms with Crippen LogP contribution in [0.25, 0.3) is 0 Å². The van der Waals surface area contributed by atoms with Crippen molar-refractivity contribution in [3.05, 3.63) is 35.4 Å². The highest BCUT2D eigenvalue weighted by atomic mass is 19.2. The zero-order chi connectivity index (χ0) is 11.5. The Balaban J connectivity index is 2.21. The van der Waals surface area contributed by atoms with Crippen molar-refractivity contribution in [2.45, 2.75) is 31.7 Å². The number of amides is 1. The number of carbonyl (C=O) groups excluding carboxylic acids is 1. The van der Waals surface area contributed by atoms with Crippen LogP contribution in [0.15, 0.2) is 18.2 Å². The molecule has 1 saturated heterocycles. The average Bonchev–Trinajstić information content (AvgIpc) is 2.47. The first kappa shape index (κ1) is 11.0. The lowest BCUT2D eigenvalue weighted by Gasteiger charge is -2.16. The Morgan fingerprint density at radius 3 is 2.75 bits per heavy atom. The van der Waals surface area contributed by atoms with Crippen LogP contribution in [0.4, 0.5) is 8.78 Å². The van der Waals surface area contributed by atoms with Gasteiger partial charge in [0.2, 0.25) is 5.91 Å². The van der Waals surface area contributed by atoms with E-state index in [2.05, 4.69) is 5.32 Å². The van der Waals surface area contributed by atoms with Crippen molar-refractivity contribution in [3.63, 3.8) is 0 Å². The van der Waals surface area contributed by atoms with E-state index in [9.17, 15) is 13.6 Å². The van der Waals surface area contributed by atoms with Crippen LogP contribution in [0.3, 0.4) is 0 Å². The van der Waals surface area contributed by atoms with Crippen molar-refractivity contribution in [1.29, 1.82) is 0 Å². The molecule has 1 heterocycles. The number of rotatable bonds is 1. The highest BCUT2D eigenvalue weighted by Gasteiger charge is 2.18. The minimum atomic E-state index is -0.865. The molecule has 1 fully saturated rings. The van der Waals surface area contributed by atoms with E-state index in [1.54, 1.807) is 0 Å². The minimum absolute atomic E-state index is 0.0211. The maximum Gasteiger partial charge on any atom is 0.220 e. The van der Waals surface area contributed by atoms with E-state index in [4.69, 9.17) is 0 Å². The lowest BCUT2D eigenvalue weighted by Crippen LogP contribution is -2.26. The molecular weight excluding hydrogens is 212 g/mol. The van der Waals surface area contributed by atoms with E-state index in [0.717, 1.165) is 31.4 Å². The molecule has 1 unspecified atom stereocenters. The summed E-state index contributed by atoms with van der Waals surface area (Å²) in [5.41, 5.74) is 0.633. The van der Waals surface area contributed by atoms with Crippen molar-refractivity contribution in [1.82, 2.24) is 5.32 Å². The van der Waals surface area contributed by atoms with Gasteiger partial charge < -0.3 is 5.32 Å². The first-order chi connectivity index (χ1) is 7.66. The predicted molar refractivity (Wildman–Crippen MR) is 55.7 cm³/mol. The third-order valence-electron chi connectivity index (χ3n) is 2.83. The molecule has 2 rings (SSSR count). The van der Waals surface area contributed by atoms with Crippen LogP contribution in [0.2, 0.25) is 0 Å². The van der Waals surface area contributed by atoms with E-state index in [0.29, 0.717) is 12.0 Å². The molecule has 4 heteroatoms. The topological polar surface area (TPSA) is 29.1 Å². The molecule has 1 aliphatic heterocycles. The van der Waals surface area contributed by atoms with Gasteiger partial charge in [0.15, 0.2) is 11.6 Å².